The van der Waals surface area contributed by atoms with E-state index in [9.17, 15) is 4.79 Å². The second-order valence-corrected chi connectivity index (χ2v) is 9.11. The van der Waals surface area contributed by atoms with Crippen LogP contribution in [0.4, 0.5) is 17.2 Å². The lowest BCUT2D eigenvalue weighted by Crippen LogP contribution is -2.17. The molecule has 4 aromatic heterocycles. The molecule has 42 heavy (non-hydrogen) atoms. The van der Waals surface area contributed by atoms with Gasteiger partial charge in [-0.15, -0.1) is 0 Å². The highest BCUT2D eigenvalue weighted by Gasteiger charge is 2.17. The van der Waals surface area contributed by atoms with Crippen molar-refractivity contribution in [2.75, 3.05) is 24.9 Å². The molecule has 1 amide bonds. The fourth-order valence-corrected chi connectivity index (χ4v) is 4.34. The number of pyridine rings is 1. The molecule has 2 N–H and O–H groups in total. The van der Waals surface area contributed by atoms with E-state index in [1.54, 1.807) is 60.5 Å². The summed E-state index contributed by atoms with van der Waals surface area (Å²) in [6.07, 6.45) is 7.90. The van der Waals surface area contributed by atoms with Crippen molar-refractivity contribution in [1.29, 1.82) is 0 Å². The van der Waals surface area contributed by atoms with Gasteiger partial charge in [0.2, 0.25) is 0 Å². The average molecular weight is 564 g/mol. The minimum Gasteiger partial charge on any atom is -0.494 e. The van der Waals surface area contributed by atoms with Crippen LogP contribution in [-0.2, 0) is 4.79 Å². The van der Waals surface area contributed by atoms with E-state index < -0.39 is 5.91 Å². The third kappa shape index (κ3) is 5.01. The SMILES string of the molecule is C=C(C(=O)Nc1cc2c(Nc3cc(C)c(Oc4ccn5ncnc5c4)cc3OC)ncnc2cc1OC)n1cccn1. The first kappa shape index (κ1) is 26.3. The van der Waals surface area contributed by atoms with Crippen LogP contribution in [0.5, 0.6) is 23.0 Å². The molecule has 210 valence electrons. The number of anilines is 3. The third-order valence-corrected chi connectivity index (χ3v) is 6.48. The minimum absolute atomic E-state index is 0.147. The average Bonchev–Trinajstić information content (AvgIpc) is 3.70. The second-order valence-electron chi connectivity index (χ2n) is 9.11. The van der Waals surface area contributed by atoms with Crippen LogP contribution >= 0.6 is 0 Å². The standard InChI is InChI=1S/C29H25N9O4/c1-17-10-22(26(41-4)14-24(17)42-19-6-9-38-27(11-19)31-16-34-38)35-28-20-12-23(25(40-3)13-21(20)30-15-32-28)36-29(39)18(2)37-8-5-7-33-37/h5-16H,2H2,1,3-4H3,(H,36,39)(H,30,32,35). The summed E-state index contributed by atoms with van der Waals surface area (Å²) in [6.45, 7) is 5.76. The maximum absolute atomic E-state index is 12.9. The van der Waals surface area contributed by atoms with E-state index in [-0.39, 0.29) is 5.70 Å². The lowest BCUT2D eigenvalue weighted by atomic mass is 10.1. The molecule has 0 bridgehead atoms. The summed E-state index contributed by atoms with van der Waals surface area (Å²) >= 11 is 0. The number of amides is 1. The Bertz CT molecular complexity index is 1950. The summed E-state index contributed by atoms with van der Waals surface area (Å²) in [5.41, 5.74) is 3.34. The molecule has 4 heterocycles. The van der Waals surface area contributed by atoms with Gasteiger partial charge in [0.15, 0.2) is 5.65 Å². The Morgan fingerprint density at radius 2 is 1.74 bits per heavy atom. The van der Waals surface area contributed by atoms with Gasteiger partial charge in [-0.2, -0.15) is 10.2 Å². The van der Waals surface area contributed by atoms with Gasteiger partial charge >= 0.3 is 0 Å². The predicted octanol–water partition coefficient (Wildman–Crippen LogP) is 4.84. The molecule has 13 nitrogen and oxygen atoms in total. The first-order valence-electron chi connectivity index (χ1n) is 12.7. The van der Waals surface area contributed by atoms with Crippen molar-refractivity contribution in [2.24, 2.45) is 0 Å². The van der Waals surface area contributed by atoms with Crippen molar-refractivity contribution in [3.05, 3.63) is 85.9 Å². The van der Waals surface area contributed by atoms with E-state index in [2.05, 4.69) is 42.4 Å². The normalized spacial score (nSPS) is 10.9. The number of aryl methyl sites for hydroxylation is 1. The number of methoxy groups -OCH3 is 2. The van der Waals surface area contributed by atoms with Gasteiger partial charge < -0.3 is 24.8 Å². The lowest BCUT2D eigenvalue weighted by molar-refractivity contribution is -0.111. The summed E-state index contributed by atoms with van der Waals surface area (Å²) in [6, 6.07) is 12.5. The largest absolute Gasteiger partial charge is 0.494 e. The summed E-state index contributed by atoms with van der Waals surface area (Å²) in [7, 11) is 3.09. The van der Waals surface area contributed by atoms with Crippen LogP contribution < -0.4 is 24.8 Å². The zero-order chi connectivity index (χ0) is 29.2. The van der Waals surface area contributed by atoms with E-state index in [0.29, 0.717) is 56.7 Å². The van der Waals surface area contributed by atoms with Crippen molar-refractivity contribution in [3.8, 4) is 23.0 Å². The molecule has 0 saturated carbocycles. The number of nitrogens with zero attached hydrogens (tertiary/aromatic N) is 7. The molecule has 0 radical (unpaired) electrons. The maximum atomic E-state index is 12.9. The Morgan fingerprint density at radius 1 is 0.905 bits per heavy atom. The van der Waals surface area contributed by atoms with Gasteiger partial charge in [-0.1, -0.05) is 6.58 Å². The molecule has 13 heteroatoms. The Balaban J connectivity index is 1.31. The van der Waals surface area contributed by atoms with Crippen LogP contribution in [0.25, 0.3) is 22.2 Å². The van der Waals surface area contributed by atoms with Crippen LogP contribution in [0.15, 0.2) is 80.3 Å². The maximum Gasteiger partial charge on any atom is 0.273 e. The monoisotopic (exact) mass is 563 g/mol. The number of hydrogen-bond donors (Lipinski definition) is 2. The Morgan fingerprint density at radius 3 is 2.52 bits per heavy atom. The highest BCUT2D eigenvalue weighted by molar-refractivity contribution is 6.20. The van der Waals surface area contributed by atoms with E-state index in [4.69, 9.17) is 14.2 Å². The van der Waals surface area contributed by atoms with Crippen LogP contribution in [0.1, 0.15) is 5.56 Å². The third-order valence-electron chi connectivity index (χ3n) is 6.48. The zero-order valence-electron chi connectivity index (χ0n) is 22.9. The molecule has 2 aromatic carbocycles. The van der Waals surface area contributed by atoms with Gasteiger partial charge in [-0.05, 0) is 36.8 Å². The topological polar surface area (TPSA) is 143 Å². The molecule has 0 saturated heterocycles. The number of nitrogens with one attached hydrogen (secondary N) is 2. The number of rotatable bonds is 9. The van der Waals surface area contributed by atoms with Gasteiger partial charge in [-0.25, -0.2) is 24.1 Å². The van der Waals surface area contributed by atoms with Gasteiger partial charge in [0.05, 0.1) is 31.1 Å². The fourth-order valence-electron chi connectivity index (χ4n) is 4.34. The van der Waals surface area contributed by atoms with E-state index >= 15 is 0 Å². The molecule has 0 unspecified atom stereocenters. The summed E-state index contributed by atoms with van der Waals surface area (Å²) < 4.78 is 20.4. The van der Waals surface area contributed by atoms with Crippen molar-refractivity contribution >= 4 is 45.3 Å². The molecule has 6 aromatic rings. The number of fused-ring (bicyclic) bond motifs is 2. The molecule has 0 atom stereocenters. The van der Waals surface area contributed by atoms with E-state index in [1.807, 2.05) is 19.1 Å². The summed E-state index contributed by atoms with van der Waals surface area (Å²) in [5, 5.41) is 15.0. The molecule has 0 aliphatic carbocycles. The molecule has 6 rings (SSSR count). The number of carbonyl (C=O) groups is 1. The molecule has 0 spiro atoms. The number of aromatic nitrogens is 7. The van der Waals surface area contributed by atoms with E-state index in [1.165, 1.54) is 24.4 Å². The Kier molecular flexibility index (Phi) is 6.80. The highest BCUT2D eigenvalue weighted by Crippen LogP contribution is 2.38. The first-order valence-corrected chi connectivity index (χ1v) is 12.7. The second kappa shape index (κ2) is 10.9. The number of benzene rings is 2. The summed E-state index contributed by atoms with van der Waals surface area (Å²) in [5.74, 6) is 2.23. The smallest absolute Gasteiger partial charge is 0.273 e. The summed E-state index contributed by atoms with van der Waals surface area (Å²) in [4.78, 5) is 26.0. The quantitative estimate of drug-likeness (QED) is 0.235. The van der Waals surface area contributed by atoms with Crippen LogP contribution in [-0.4, -0.2) is 54.5 Å². The molecular formula is C29H25N9O4. The lowest BCUT2D eigenvalue weighted by Gasteiger charge is -2.17. The van der Waals surface area contributed by atoms with Crippen molar-refractivity contribution in [3.63, 3.8) is 0 Å². The number of carbonyl (C=O) groups excluding carboxylic acids is 1. The van der Waals surface area contributed by atoms with Gasteiger partial charge in [0.25, 0.3) is 5.91 Å². The van der Waals surface area contributed by atoms with Crippen LogP contribution in [0.2, 0.25) is 0 Å². The molecule has 0 fully saturated rings. The van der Waals surface area contributed by atoms with Crippen molar-refractivity contribution in [1.82, 2.24) is 34.3 Å². The minimum atomic E-state index is -0.446. The molecule has 0 aliphatic heterocycles. The van der Waals surface area contributed by atoms with Crippen molar-refractivity contribution in [2.45, 2.75) is 6.92 Å². The van der Waals surface area contributed by atoms with Crippen molar-refractivity contribution < 1.29 is 19.0 Å². The van der Waals surface area contributed by atoms with Gasteiger partial charge in [-0.3, -0.25) is 4.79 Å². The van der Waals surface area contributed by atoms with Gasteiger partial charge in [0.1, 0.15) is 47.2 Å². The van der Waals surface area contributed by atoms with Gasteiger partial charge in [0, 0.05) is 42.2 Å². The number of hydrogen-bond acceptors (Lipinski definition) is 10. The predicted molar refractivity (Wildman–Crippen MR) is 156 cm³/mol. The molecular weight excluding hydrogens is 538 g/mol. The highest BCUT2D eigenvalue weighted by atomic mass is 16.5. The molecule has 0 aliphatic rings. The fraction of sp³-hybridized carbons (Fsp3) is 0.103. The van der Waals surface area contributed by atoms with Crippen LogP contribution in [0, 0.1) is 6.92 Å². The zero-order valence-corrected chi connectivity index (χ0v) is 22.9. The first-order chi connectivity index (χ1) is 20.4. The Hall–Kier alpha value is -5.98. The number of ether oxygens (including phenoxy) is 3. The Labute approximate surface area is 239 Å². The van der Waals surface area contributed by atoms with Crippen LogP contribution in [0.3, 0.4) is 0 Å². The van der Waals surface area contributed by atoms with E-state index in [0.717, 1.165) is 5.56 Å².